The Labute approximate surface area is 127 Å². The van der Waals surface area contributed by atoms with E-state index in [0.717, 1.165) is 12.1 Å². The summed E-state index contributed by atoms with van der Waals surface area (Å²) >= 11 is 39.0. The molecule has 0 aromatic carbocycles. The van der Waals surface area contributed by atoms with Crippen LogP contribution in [0.5, 0.6) is 0 Å². The second-order valence-electron chi connectivity index (χ2n) is 3.42. The Morgan fingerprint density at radius 1 is 0.600 bits per heavy atom. The van der Waals surface area contributed by atoms with Gasteiger partial charge in [0.25, 0.3) is 0 Å². The Balaban J connectivity index is 0. The van der Waals surface area contributed by atoms with Crippen LogP contribution in [0.1, 0.15) is 0 Å². The maximum atomic E-state index is 5.85. The van der Waals surface area contributed by atoms with E-state index in [1.54, 1.807) is 6.55 Å². The van der Waals surface area contributed by atoms with Gasteiger partial charge in [-0.25, -0.2) is 0 Å². The molecule has 0 heterocycles. The largest absolute Gasteiger partial charge is 0.338 e. The van der Waals surface area contributed by atoms with Gasteiger partial charge in [0.05, 0.1) is 0 Å². The van der Waals surface area contributed by atoms with Gasteiger partial charge in [-0.3, -0.25) is 0 Å². The average Bonchev–Trinajstić information content (AvgIpc) is 1.76. The Morgan fingerprint density at radius 3 is 0.800 bits per heavy atom. The van der Waals surface area contributed by atoms with E-state index in [1.165, 1.54) is 0 Å². The molecule has 94 valence electrons. The Kier molecular flexibility index (Phi) is 10.6. The summed E-state index contributed by atoms with van der Waals surface area (Å²) in [4.78, 5) is 0. The molecule has 0 bridgehead atoms. The lowest BCUT2D eigenvalue weighted by atomic mass is 10.9. The minimum Gasteiger partial charge on any atom is -0.146 e. The van der Waals surface area contributed by atoms with Gasteiger partial charge in [0.1, 0.15) is 0 Å². The summed E-state index contributed by atoms with van der Waals surface area (Å²) in [7, 11) is 0. The fourth-order valence-corrected chi connectivity index (χ4v) is 7.35. The molecular weight excluding hydrogens is 392 g/mol. The Bertz CT molecular complexity index is 147. The van der Waals surface area contributed by atoms with Gasteiger partial charge in [-0.2, -0.15) is 0 Å². The molecule has 0 unspecified atom stereocenters. The van der Waals surface area contributed by atoms with E-state index in [-0.39, 0.29) is 0 Å². The zero-order valence-electron chi connectivity index (χ0n) is 8.56. The van der Waals surface area contributed by atoms with Crippen LogP contribution in [0, 0.1) is 0 Å². The third kappa shape index (κ3) is 38.4. The number of hydrogen-bond acceptors (Lipinski definition) is 0. The highest BCUT2D eigenvalue weighted by Gasteiger charge is 2.28. The van der Waals surface area contributed by atoms with Gasteiger partial charge in [0.2, 0.25) is 13.4 Å². The first kappa shape index (κ1) is 20.0. The van der Waals surface area contributed by atoms with Gasteiger partial charge in [-0.1, -0.05) is 0 Å². The molecule has 0 fully saturated rings. The molecule has 0 aliphatic carbocycles. The lowest BCUT2D eigenvalue weighted by Gasteiger charge is -2.14. The number of halogens is 7. The van der Waals surface area contributed by atoms with Crippen molar-refractivity contribution in [1.29, 1.82) is 0 Å². The summed E-state index contributed by atoms with van der Waals surface area (Å²) in [5.41, 5.74) is 0. The normalized spacial score (nSPS) is 13.2. The van der Waals surface area contributed by atoms with Crippen molar-refractivity contribution in [3.05, 3.63) is 0 Å². The molecule has 10 heteroatoms. The van der Waals surface area contributed by atoms with Gasteiger partial charge >= 0.3 is 6.00 Å². The minimum atomic E-state index is -2.19. The van der Waals surface area contributed by atoms with Crippen LogP contribution in [0.25, 0.3) is 0 Å². The van der Waals surface area contributed by atoms with E-state index < -0.39 is 19.4 Å². The molecule has 0 rings (SSSR count). The summed E-state index contributed by atoms with van der Waals surface area (Å²) in [6.07, 6.45) is 0. The lowest BCUT2D eigenvalue weighted by Crippen LogP contribution is -2.20. The number of rotatable bonds is 3. The second-order valence-corrected chi connectivity index (χ2v) is 30.0. The highest BCUT2D eigenvalue weighted by Crippen LogP contribution is 2.29. The third-order valence-electron chi connectivity index (χ3n) is 1.00. The summed E-state index contributed by atoms with van der Waals surface area (Å²) in [5.74, 6) is 0. The molecule has 0 nitrogen and oxygen atoms in total. The SMILES string of the molecule is C[Si](Cl)(Cl)CC[Si](C)(Cl)Cl.C[Si](Cl)(Cl)Cl. The molecule has 0 saturated heterocycles. The Hall–Kier alpha value is 2.68. The summed E-state index contributed by atoms with van der Waals surface area (Å²) in [5, 5.41) is 0. The molecule has 15 heavy (non-hydrogen) atoms. The molecule has 0 aliphatic rings. The van der Waals surface area contributed by atoms with Crippen LogP contribution in [0.2, 0.25) is 31.7 Å². The van der Waals surface area contributed by atoms with Gasteiger partial charge < -0.3 is 0 Å². The summed E-state index contributed by atoms with van der Waals surface area (Å²) in [6.45, 7) is 1.47. The zero-order chi connectivity index (χ0) is 12.9. The van der Waals surface area contributed by atoms with Crippen molar-refractivity contribution in [3.63, 3.8) is 0 Å². The standard InChI is InChI=1S/C4H10Cl4Si2.CH3Cl3Si/c1-9(5,6)3-4-10(2,7)8;1-5(2,3)4/h3-4H2,1-2H3;1H3. The topological polar surface area (TPSA) is 0 Å². The van der Waals surface area contributed by atoms with E-state index in [0.29, 0.717) is 0 Å². The van der Waals surface area contributed by atoms with E-state index in [9.17, 15) is 0 Å². The molecule has 0 amide bonds. The van der Waals surface area contributed by atoms with Crippen LogP contribution in [-0.4, -0.2) is 19.4 Å². The van der Waals surface area contributed by atoms with Gasteiger partial charge in [0, 0.05) is 0 Å². The van der Waals surface area contributed by atoms with Crippen molar-refractivity contribution >= 4 is 96.9 Å². The molecule has 0 aromatic heterocycles. The van der Waals surface area contributed by atoms with Crippen molar-refractivity contribution < 1.29 is 0 Å². The van der Waals surface area contributed by atoms with Gasteiger partial charge in [-0.05, 0) is 31.7 Å². The molecule has 0 spiro atoms. The predicted molar refractivity (Wildman–Crippen MR) is 85.4 cm³/mol. The first-order valence-corrected chi connectivity index (χ1v) is 19.0. The molecule has 0 radical (unpaired) electrons. The van der Waals surface area contributed by atoms with Crippen molar-refractivity contribution in [3.8, 4) is 0 Å². The first-order valence-electron chi connectivity index (χ1n) is 4.03. The highest BCUT2D eigenvalue weighted by molar-refractivity contribution is 7.64. The molecule has 0 saturated carbocycles. The molecule has 0 aliphatic heterocycles. The minimum absolute atomic E-state index is 0.797. The molecule has 0 atom stereocenters. The predicted octanol–water partition coefficient (Wildman–Crippen LogP) is 6.36. The van der Waals surface area contributed by atoms with E-state index in [1.807, 2.05) is 13.1 Å². The van der Waals surface area contributed by atoms with Crippen LogP contribution in [-0.2, 0) is 0 Å². The Morgan fingerprint density at radius 2 is 0.733 bits per heavy atom. The smallest absolute Gasteiger partial charge is 0.146 e. The first-order chi connectivity index (χ1) is 6.21. The van der Waals surface area contributed by atoms with E-state index in [4.69, 9.17) is 77.6 Å². The monoisotopic (exact) mass is 402 g/mol. The third-order valence-corrected chi connectivity index (χ3v) is 6.03. The average molecular weight is 406 g/mol. The van der Waals surface area contributed by atoms with Gasteiger partial charge in [0.15, 0.2) is 0 Å². The summed E-state index contributed by atoms with van der Waals surface area (Å²) in [6, 6.07) is -0.600. The maximum absolute atomic E-state index is 5.85. The van der Waals surface area contributed by atoms with Crippen molar-refractivity contribution in [2.24, 2.45) is 0 Å². The van der Waals surface area contributed by atoms with Gasteiger partial charge in [-0.15, -0.1) is 77.6 Å². The van der Waals surface area contributed by atoms with Crippen molar-refractivity contribution in [2.45, 2.75) is 31.7 Å². The molecular formula is C5H13Cl7Si3. The highest BCUT2D eigenvalue weighted by atomic mass is 35.8. The number of hydrogen-bond donors (Lipinski definition) is 0. The van der Waals surface area contributed by atoms with Crippen LogP contribution in [0.4, 0.5) is 0 Å². The van der Waals surface area contributed by atoms with Crippen molar-refractivity contribution in [1.82, 2.24) is 0 Å². The van der Waals surface area contributed by atoms with Crippen LogP contribution in [0.15, 0.2) is 0 Å². The van der Waals surface area contributed by atoms with Crippen LogP contribution < -0.4 is 0 Å². The molecule has 0 aromatic rings. The maximum Gasteiger partial charge on any atom is 0.338 e. The van der Waals surface area contributed by atoms with E-state index >= 15 is 0 Å². The molecule has 0 N–H and O–H groups in total. The second kappa shape index (κ2) is 7.97. The fraction of sp³-hybridized carbons (Fsp3) is 1.00. The fourth-order valence-electron chi connectivity index (χ4n) is 0.439. The lowest BCUT2D eigenvalue weighted by molar-refractivity contribution is 1.38. The van der Waals surface area contributed by atoms with Crippen molar-refractivity contribution in [2.75, 3.05) is 0 Å². The summed E-state index contributed by atoms with van der Waals surface area (Å²) < 4.78 is 0. The zero-order valence-corrected chi connectivity index (χ0v) is 16.9. The van der Waals surface area contributed by atoms with Crippen LogP contribution in [0.3, 0.4) is 0 Å². The van der Waals surface area contributed by atoms with Crippen LogP contribution >= 0.6 is 77.6 Å². The quantitative estimate of drug-likeness (QED) is 0.379. The van der Waals surface area contributed by atoms with E-state index in [2.05, 4.69) is 0 Å².